The number of hydrogen-bond donors (Lipinski definition) is 1. The average Bonchev–Trinajstić information content (AvgIpc) is 2.65. The minimum absolute atomic E-state index is 0.322. The number of aliphatic hydroxyl groups is 1. The maximum Gasteiger partial charge on any atom is 0.177 e. The van der Waals surface area contributed by atoms with Crippen molar-refractivity contribution in [1.29, 1.82) is 0 Å². The third-order valence-corrected chi connectivity index (χ3v) is 3.96. The fourth-order valence-electron chi connectivity index (χ4n) is 2.07. The fourth-order valence-corrected chi connectivity index (χ4v) is 3.27. The van der Waals surface area contributed by atoms with E-state index >= 15 is 0 Å². The van der Waals surface area contributed by atoms with E-state index in [0.717, 1.165) is 6.42 Å². The molecule has 1 aliphatic rings. The quantitative estimate of drug-likeness (QED) is 0.839. The molecule has 5 nitrogen and oxygen atoms in total. The van der Waals surface area contributed by atoms with Crippen molar-refractivity contribution in [1.82, 2.24) is 20.2 Å². The summed E-state index contributed by atoms with van der Waals surface area (Å²) >= 11 is 2.01. The predicted molar refractivity (Wildman–Crippen MR) is 63.2 cm³/mol. The van der Waals surface area contributed by atoms with E-state index in [4.69, 9.17) is 0 Å². The molecule has 16 heavy (non-hydrogen) atoms. The molecule has 0 saturated carbocycles. The summed E-state index contributed by atoms with van der Waals surface area (Å²) in [6, 6.07) is 0. The van der Waals surface area contributed by atoms with E-state index in [-0.39, 0.29) is 6.10 Å². The van der Waals surface area contributed by atoms with Gasteiger partial charge in [-0.3, -0.25) is 0 Å². The van der Waals surface area contributed by atoms with Gasteiger partial charge in [-0.25, -0.2) is 0 Å². The van der Waals surface area contributed by atoms with Crippen LogP contribution in [0.4, 0.5) is 0 Å². The zero-order valence-electron chi connectivity index (χ0n) is 9.54. The van der Waals surface area contributed by atoms with Gasteiger partial charge in [0.05, 0.1) is 13.2 Å². The first-order chi connectivity index (χ1) is 7.74. The van der Waals surface area contributed by atoms with Gasteiger partial charge in [-0.15, -0.1) is 10.2 Å². The number of thioether (sulfide) groups is 1. The molecule has 90 valence electrons. The predicted octanol–water partition coefficient (Wildman–Crippen LogP) is 0.647. The van der Waals surface area contributed by atoms with Crippen LogP contribution in [-0.4, -0.2) is 42.9 Å². The Labute approximate surface area is 99.6 Å². The first kappa shape index (κ1) is 11.9. The van der Waals surface area contributed by atoms with Gasteiger partial charge in [0.1, 0.15) is 0 Å². The molecule has 1 aliphatic heterocycles. The van der Waals surface area contributed by atoms with E-state index in [0.29, 0.717) is 18.2 Å². The van der Waals surface area contributed by atoms with Crippen LogP contribution in [0.2, 0.25) is 0 Å². The van der Waals surface area contributed by atoms with E-state index in [1.165, 1.54) is 29.1 Å². The highest BCUT2D eigenvalue weighted by Crippen LogP contribution is 2.26. The monoisotopic (exact) mass is 242 g/mol. The lowest BCUT2D eigenvalue weighted by molar-refractivity contribution is 0.137. The summed E-state index contributed by atoms with van der Waals surface area (Å²) in [5.41, 5.74) is 0. The van der Waals surface area contributed by atoms with Gasteiger partial charge in [0.15, 0.2) is 5.82 Å². The highest BCUT2D eigenvalue weighted by atomic mass is 32.2. The molecule has 1 atom stereocenters. The molecule has 1 aromatic rings. The molecule has 0 bridgehead atoms. The van der Waals surface area contributed by atoms with Crippen LogP contribution >= 0.6 is 11.8 Å². The molecular formula is C10H18N4OS. The molecule has 0 aliphatic carbocycles. The summed E-state index contributed by atoms with van der Waals surface area (Å²) in [7, 11) is 1.74. The molecule has 2 heterocycles. The van der Waals surface area contributed by atoms with E-state index in [9.17, 15) is 5.11 Å². The Morgan fingerprint density at radius 2 is 2.25 bits per heavy atom. The summed E-state index contributed by atoms with van der Waals surface area (Å²) in [4.78, 5) is 1.43. The number of rotatable bonds is 4. The summed E-state index contributed by atoms with van der Waals surface area (Å²) in [5.74, 6) is 3.79. The Hall–Kier alpha value is -0.620. The van der Waals surface area contributed by atoms with Crippen molar-refractivity contribution in [3.05, 3.63) is 5.82 Å². The van der Waals surface area contributed by atoms with Gasteiger partial charge in [0.25, 0.3) is 0 Å². The van der Waals surface area contributed by atoms with Crippen LogP contribution in [-0.2, 0) is 13.5 Å². The Kier molecular flexibility index (Phi) is 4.17. The Balaban J connectivity index is 1.77. The van der Waals surface area contributed by atoms with E-state index in [1.807, 2.05) is 11.8 Å². The lowest BCUT2D eigenvalue weighted by Crippen LogP contribution is -2.20. The average molecular weight is 242 g/mol. The van der Waals surface area contributed by atoms with Crippen molar-refractivity contribution >= 4 is 11.8 Å². The van der Waals surface area contributed by atoms with Crippen molar-refractivity contribution in [2.45, 2.75) is 31.8 Å². The Bertz CT molecular complexity index is 324. The second kappa shape index (κ2) is 5.63. The number of hydrogen-bond acceptors (Lipinski definition) is 5. The smallest absolute Gasteiger partial charge is 0.177 e. The number of aliphatic hydroxyl groups excluding tert-OH is 1. The molecule has 1 aromatic heterocycles. The number of aromatic nitrogens is 4. The second-order valence-electron chi connectivity index (χ2n) is 4.34. The van der Waals surface area contributed by atoms with Crippen LogP contribution in [0.15, 0.2) is 0 Å². The Morgan fingerprint density at radius 3 is 2.88 bits per heavy atom. The van der Waals surface area contributed by atoms with Crippen molar-refractivity contribution in [3.8, 4) is 0 Å². The van der Waals surface area contributed by atoms with Crippen LogP contribution in [0.5, 0.6) is 0 Å². The highest BCUT2D eigenvalue weighted by Gasteiger charge is 2.19. The lowest BCUT2D eigenvalue weighted by atomic mass is 9.94. The molecule has 0 radical (unpaired) electrons. The van der Waals surface area contributed by atoms with Gasteiger partial charge < -0.3 is 5.11 Å². The number of aryl methyl sites for hydroxylation is 1. The molecule has 2 rings (SSSR count). The summed E-state index contributed by atoms with van der Waals surface area (Å²) in [6.45, 7) is 0. The van der Waals surface area contributed by atoms with Gasteiger partial charge in [-0.2, -0.15) is 16.6 Å². The molecule has 0 aromatic carbocycles. The third-order valence-electron chi connectivity index (χ3n) is 2.91. The SMILES string of the molecule is Cn1nnc(CC(O)CC2CCSCC2)n1. The molecule has 1 unspecified atom stereocenters. The van der Waals surface area contributed by atoms with Gasteiger partial charge in [-0.1, -0.05) is 0 Å². The van der Waals surface area contributed by atoms with Crippen LogP contribution in [0, 0.1) is 5.92 Å². The first-order valence-corrected chi connectivity index (χ1v) is 6.88. The molecule has 1 saturated heterocycles. The van der Waals surface area contributed by atoms with Gasteiger partial charge in [-0.05, 0) is 41.9 Å². The molecule has 1 fully saturated rings. The highest BCUT2D eigenvalue weighted by molar-refractivity contribution is 7.99. The van der Waals surface area contributed by atoms with Crippen molar-refractivity contribution < 1.29 is 5.11 Å². The zero-order valence-corrected chi connectivity index (χ0v) is 10.4. The standard InChI is InChI=1S/C10H18N4OS/c1-14-12-10(11-13-14)7-9(15)6-8-2-4-16-5-3-8/h8-9,15H,2-7H2,1H3. The maximum atomic E-state index is 9.94. The van der Waals surface area contributed by atoms with Crippen molar-refractivity contribution in [2.24, 2.45) is 13.0 Å². The fraction of sp³-hybridized carbons (Fsp3) is 0.900. The zero-order chi connectivity index (χ0) is 11.4. The number of nitrogens with zero attached hydrogens (tertiary/aromatic N) is 4. The van der Waals surface area contributed by atoms with Crippen molar-refractivity contribution in [2.75, 3.05) is 11.5 Å². The second-order valence-corrected chi connectivity index (χ2v) is 5.57. The Morgan fingerprint density at radius 1 is 1.50 bits per heavy atom. The summed E-state index contributed by atoms with van der Waals surface area (Å²) in [5, 5.41) is 21.7. The minimum Gasteiger partial charge on any atom is -0.393 e. The lowest BCUT2D eigenvalue weighted by Gasteiger charge is -2.23. The van der Waals surface area contributed by atoms with Gasteiger partial charge in [0, 0.05) is 6.42 Å². The van der Waals surface area contributed by atoms with Crippen LogP contribution in [0.3, 0.4) is 0 Å². The van der Waals surface area contributed by atoms with Gasteiger partial charge >= 0.3 is 0 Å². The molecule has 6 heteroatoms. The minimum atomic E-state index is -0.322. The molecule has 0 spiro atoms. The van der Waals surface area contributed by atoms with E-state index in [1.54, 1.807) is 7.05 Å². The molecule has 0 amide bonds. The van der Waals surface area contributed by atoms with Crippen LogP contribution < -0.4 is 0 Å². The van der Waals surface area contributed by atoms with E-state index < -0.39 is 0 Å². The maximum absolute atomic E-state index is 9.94. The van der Waals surface area contributed by atoms with Crippen molar-refractivity contribution in [3.63, 3.8) is 0 Å². The van der Waals surface area contributed by atoms with Crippen LogP contribution in [0.25, 0.3) is 0 Å². The largest absolute Gasteiger partial charge is 0.393 e. The van der Waals surface area contributed by atoms with Crippen LogP contribution in [0.1, 0.15) is 25.1 Å². The third kappa shape index (κ3) is 3.45. The molecule has 1 N–H and O–H groups in total. The van der Waals surface area contributed by atoms with Gasteiger partial charge in [0.2, 0.25) is 0 Å². The summed E-state index contributed by atoms with van der Waals surface area (Å²) < 4.78 is 0. The molecular weight excluding hydrogens is 224 g/mol. The normalized spacial score (nSPS) is 19.9. The summed E-state index contributed by atoms with van der Waals surface area (Å²) in [6.07, 6.45) is 3.54. The number of tetrazole rings is 1. The first-order valence-electron chi connectivity index (χ1n) is 5.72. The topological polar surface area (TPSA) is 63.8 Å². The van der Waals surface area contributed by atoms with E-state index in [2.05, 4.69) is 15.4 Å².